The number of ether oxygens (including phenoxy) is 1. The van der Waals surface area contributed by atoms with E-state index in [0.717, 1.165) is 11.3 Å². The smallest absolute Gasteiger partial charge is 0.248 e. The molecule has 0 unspecified atom stereocenters. The largest absolute Gasteiger partial charge is 0.497 e. The quantitative estimate of drug-likeness (QED) is 0.760. The predicted molar refractivity (Wildman–Crippen MR) is 104 cm³/mol. The monoisotopic (exact) mass is 396 g/mol. The van der Waals surface area contributed by atoms with E-state index in [9.17, 15) is 13.2 Å². The van der Waals surface area contributed by atoms with E-state index in [1.165, 1.54) is 11.8 Å². The Labute approximate surface area is 158 Å². The van der Waals surface area contributed by atoms with Gasteiger partial charge < -0.3 is 9.64 Å². The molecule has 6 nitrogen and oxygen atoms in total. The zero-order valence-electron chi connectivity index (χ0n) is 15.2. The van der Waals surface area contributed by atoms with Gasteiger partial charge in [-0.25, -0.2) is 8.42 Å². The topological polar surface area (TPSA) is 76.0 Å². The molecule has 2 saturated heterocycles. The van der Waals surface area contributed by atoms with Crippen LogP contribution >= 0.6 is 11.8 Å². The van der Waals surface area contributed by atoms with Crippen molar-refractivity contribution >= 4 is 32.7 Å². The number of benzene rings is 1. The number of rotatable bonds is 5. The Morgan fingerprint density at radius 2 is 2.00 bits per heavy atom. The molecule has 1 amide bonds. The van der Waals surface area contributed by atoms with Crippen LogP contribution < -0.4 is 4.74 Å². The molecule has 0 radical (unpaired) electrons. The van der Waals surface area contributed by atoms with Crippen LogP contribution in [0.15, 0.2) is 29.3 Å². The summed E-state index contributed by atoms with van der Waals surface area (Å²) in [6.45, 7) is 4.49. The van der Waals surface area contributed by atoms with Gasteiger partial charge in [-0.05, 0) is 23.6 Å². The van der Waals surface area contributed by atoms with Gasteiger partial charge in [-0.3, -0.25) is 4.79 Å². The number of nitrogens with zero attached hydrogens (tertiary/aromatic N) is 2. The fourth-order valence-corrected chi connectivity index (χ4v) is 7.22. The lowest BCUT2D eigenvalue weighted by molar-refractivity contribution is -0.118. The SMILES string of the molecule is COc1ccc(CN2C(=NC(=O)CC(C)C)S[C@H]3CS(=O)(=O)C[C@H]32)cc1. The maximum Gasteiger partial charge on any atom is 0.248 e. The summed E-state index contributed by atoms with van der Waals surface area (Å²) in [6, 6.07) is 7.53. The van der Waals surface area contributed by atoms with Gasteiger partial charge in [0.2, 0.25) is 5.91 Å². The van der Waals surface area contributed by atoms with Gasteiger partial charge in [-0.1, -0.05) is 37.7 Å². The fraction of sp³-hybridized carbons (Fsp3) is 0.556. The van der Waals surface area contributed by atoms with Crippen molar-refractivity contribution in [3.05, 3.63) is 29.8 Å². The summed E-state index contributed by atoms with van der Waals surface area (Å²) in [5.41, 5.74) is 1.03. The number of carbonyl (C=O) groups is 1. The van der Waals surface area contributed by atoms with Crippen LogP contribution in [0.3, 0.4) is 0 Å². The van der Waals surface area contributed by atoms with Crippen LogP contribution in [-0.2, 0) is 21.2 Å². The lowest BCUT2D eigenvalue weighted by Gasteiger charge is -2.24. The summed E-state index contributed by atoms with van der Waals surface area (Å²) in [5, 5.41) is 0.597. The molecule has 0 bridgehead atoms. The maximum absolute atomic E-state index is 12.2. The van der Waals surface area contributed by atoms with E-state index >= 15 is 0 Å². The van der Waals surface area contributed by atoms with Crippen LogP contribution in [0.4, 0.5) is 0 Å². The van der Waals surface area contributed by atoms with Gasteiger partial charge in [0.15, 0.2) is 15.0 Å². The van der Waals surface area contributed by atoms with Crippen molar-refractivity contribution in [3.8, 4) is 5.75 Å². The number of hydrogen-bond acceptors (Lipinski definition) is 5. The van der Waals surface area contributed by atoms with Gasteiger partial charge >= 0.3 is 0 Å². The minimum Gasteiger partial charge on any atom is -0.497 e. The third-order valence-corrected chi connectivity index (χ3v) is 7.74. The summed E-state index contributed by atoms with van der Waals surface area (Å²) in [7, 11) is -1.42. The van der Waals surface area contributed by atoms with Crippen molar-refractivity contribution < 1.29 is 17.9 Å². The average molecular weight is 397 g/mol. The van der Waals surface area contributed by atoms with E-state index in [-0.39, 0.29) is 34.6 Å². The first kappa shape index (κ1) is 19.2. The van der Waals surface area contributed by atoms with Gasteiger partial charge in [0, 0.05) is 18.2 Å². The number of aliphatic imine (C=N–C) groups is 1. The molecule has 0 aliphatic carbocycles. The number of methoxy groups -OCH3 is 1. The first-order chi connectivity index (χ1) is 12.3. The Bertz CT molecular complexity index is 803. The second-order valence-corrected chi connectivity index (χ2v) is 10.5. The molecule has 0 aromatic heterocycles. The molecule has 2 aliphatic rings. The molecule has 2 atom stereocenters. The van der Waals surface area contributed by atoms with Crippen LogP contribution in [0.2, 0.25) is 0 Å². The lowest BCUT2D eigenvalue weighted by Crippen LogP contribution is -2.37. The molecule has 2 fully saturated rings. The molecule has 1 aromatic rings. The Hall–Kier alpha value is -1.54. The summed E-state index contributed by atoms with van der Waals surface area (Å²) < 4.78 is 29.3. The van der Waals surface area contributed by atoms with Crippen LogP contribution in [0.5, 0.6) is 5.75 Å². The highest BCUT2D eigenvalue weighted by Gasteiger charge is 2.48. The fourth-order valence-electron chi connectivity index (χ4n) is 3.25. The van der Waals surface area contributed by atoms with Crippen molar-refractivity contribution in [3.63, 3.8) is 0 Å². The standard InChI is InChI=1S/C18H24N2O4S2/c1-12(2)8-17(21)19-18-20(9-13-4-6-14(24-3)7-5-13)15-10-26(22,23)11-16(15)25-18/h4-7,12,15-16H,8-11H2,1-3H3/t15-,16+/m1/s1. The average Bonchev–Trinajstić information content (AvgIpc) is 3.00. The summed E-state index contributed by atoms with van der Waals surface area (Å²) in [4.78, 5) is 18.5. The van der Waals surface area contributed by atoms with Crippen molar-refractivity contribution in [2.45, 2.75) is 38.1 Å². The van der Waals surface area contributed by atoms with Crippen LogP contribution in [-0.4, -0.2) is 54.3 Å². The zero-order valence-corrected chi connectivity index (χ0v) is 16.8. The molecular formula is C18H24N2O4S2. The number of sulfone groups is 1. The van der Waals surface area contributed by atoms with Gasteiger partial charge in [-0.15, -0.1) is 0 Å². The van der Waals surface area contributed by atoms with E-state index in [4.69, 9.17) is 4.74 Å². The summed E-state index contributed by atoms with van der Waals surface area (Å²) in [5.74, 6) is 1.14. The van der Waals surface area contributed by atoms with E-state index in [0.29, 0.717) is 18.1 Å². The predicted octanol–water partition coefficient (Wildman–Crippen LogP) is 2.34. The molecule has 2 heterocycles. The number of amides is 1. The Balaban J connectivity index is 1.84. The highest BCUT2D eigenvalue weighted by Crippen LogP contribution is 2.39. The van der Waals surface area contributed by atoms with E-state index in [1.807, 2.05) is 43.0 Å². The molecule has 2 aliphatic heterocycles. The van der Waals surface area contributed by atoms with Crippen LogP contribution in [0.25, 0.3) is 0 Å². The summed E-state index contributed by atoms with van der Waals surface area (Å²) >= 11 is 1.43. The number of amidine groups is 1. The zero-order chi connectivity index (χ0) is 18.9. The molecule has 26 heavy (non-hydrogen) atoms. The molecule has 1 aromatic carbocycles. The Morgan fingerprint density at radius 1 is 1.31 bits per heavy atom. The molecule has 0 N–H and O–H groups in total. The number of carbonyl (C=O) groups excluding carboxylic acids is 1. The normalized spacial score (nSPS) is 25.7. The van der Waals surface area contributed by atoms with Gasteiger partial charge in [0.25, 0.3) is 0 Å². The highest BCUT2D eigenvalue weighted by molar-refractivity contribution is 8.15. The van der Waals surface area contributed by atoms with Crippen LogP contribution in [0.1, 0.15) is 25.8 Å². The van der Waals surface area contributed by atoms with E-state index < -0.39 is 9.84 Å². The summed E-state index contributed by atoms with van der Waals surface area (Å²) in [6.07, 6.45) is 0.397. The minimum atomic E-state index is -3.03. The van der Waals surface area contributed by atoms with Crippen molar-refractivity contribution in [2.75, 3.05) is 18.6 Å². The maximum atomic E-state index is 12.2. The second kappa shape index (κ2) is 7.60. The van der Waals surface area contributed by atoms with Gasteiger partial charge in [0.05, 0.1) is 24.7 Å². The third kappa shape index (κ3) is 4.40. The first-order valence-electron chi connectivity index (χ1n) is 8.65. The number of thioether (sulfide) groups is 1. The molecule has 0 saturated carbocycles. The molecule has 0 spiro atoms. The third-order valence-electron chi connectivity index (χ3n) is 4.49. The lowest BCUT2D eigenvalue weighted by atomic mass is 10.1. The molecular weight excluding hydrogens is 372 g/mol. The molecule has 8 heteroatoms. The van der Waals surface area contributed by atoms with Gasteiger partial charge in [0.1, 0.15) is 5.75 Å². The van der Waals surface area contributed by atoms with E-state index in [2.05, 4.69) is 4.99 Å². The Morgan fingerprint density at radius 3 is 2.62 bits per heavy atom. The first-order valence-corrected chi connectivity index (χ1v) is 11.4. The van der Waals surface area contributed by atoms with Crippen molar-refractivity contribution in [2.24, 2.45) is 10.9 Å². The Kier molecular flexibility index (Phi) is 5.62. The highest BCUT2D eigenvalue weighted by atomic mass is 32.2. The van der Waals surface area contributed by atoms with Crippen molar-refractivity contribution in [1.82, 2.24) is 4.90 Å². The molecule has 3 rings (SSSR count). The molecule has 142 valence electrons. The number of fused-ring (bicyclic) bond motifs is 1. The van der Waals surface area contributed by atoms with Crippen molar-refractivity contribution in [1.29, 1.82) is 0 Å². The number of hydrogen-bond donors (Lipinski definition) is 0. The second-order valence-electron chi connectivity index (χ2n) is 7.16. The minimum absolute atomic E-state index is 0.0520. The van der Waals surface area contributed by atoms with Gasteiger partial charge in [-0.2, -0.15) is 4.99 Å². The van der Waals surface area contributed by atoms with Crippen LogP contribution in [0, 0.1) is 5.92 Å². The van der Waals surface area contributed by atoms with E-state index in [1.54, 1.807) is 7.11 Å².